The second-order valence-corrected chi connectivity index (χ2v) is 6.56. The molecule has 0 aromatic rings. The molecule has 0 radical (unpaired) electrons. The van der Waals surface area contributed by atoms with Crippen LogP contribution in [0.5, 0.6) is 0 Å². The zero-order chi connectivity index (χ0) is 12.5. The van der Waals surface area contributed by atoms with Crippen LogP contribution in [0.25, 0.3) is 0 Å². The fourth-order valence-electron chi connectivity index (χ4n) is 4.87. The fraction of sp³-hybridized carbons (Fsp3) is 0.812. The first kappa shape index (κ1) is 12.1. The molecule has 0 unspecified atom stereocenters. The first-order valence-electron chi connectivity index (χ1n) is 7.49. The Morgan fingerprint density at radius 3 is 2.28 bits per heavy atom. The maximum absolute atomic E-state index is 12.3. The van der Waals surface area contributed by atoms with E-state index < -0.39 is 0 Å². The SMILES string of the molecule is C#CCCCNC(=O)C1C2CC3CC(C2)CC1C3. The molecule has 0 atom stereocenters. The van der Waals surface area contributed by atoms with Crippen LogP contribution in [0.2, 0.25) is 0 Å². The van der Waals surface area contributed by atoms with Crippen LogP contribution in [0.15, 0.2) is 0 Å². The summed E-state index contributed by atoms with van der Waals surface area (Å²) in [5.41, 5.74) is 0. The van der Waals surface area contributed by atoms with Crippen LogP contribution in [-0.2, 0) is 4.79 Å². The Bertz CT molecular complexity index is 340. The molecule has 0 heterocycles. The van der Waals surface area contributed by atoms with Crippen molar-refractivity contribution in [2.45, 2.75) is 44.9 Å². The number of nitrogens with one attached hydrogen (secondary N) is 1. The third-order valence-corrected chi connectivity index (χ3v) is 5.33. The summed E-state index contributed by atoms with van der Waals surface area (Å²) in [7, 11) is 0. The van der Waals surface area contributed by atoms with E-state index in [0.29, 0.717) is 23.7 Å². The van der Waals surface area contributed by atoms with Gasteiger partial charge in [0.15, 0.2) is 0 Å². The Hall–Kier alpha value is -0.970. The topological polar surface area (TPSA) is 29.1 Å². The van der Waals surface area contributed by atoms with Crippen molar-refractivity contribution in [2.24, 2.45) is 29.6 Å². The predicted octanol–water partition coefficient (Wildman–Crippen LogP) is 2.59. The summed E-state index contributed by atoms with van der Waals surface area (Å²) in [5.74, 6) is 6.53. The van der Waals surface area contributed by atoms with Crippen LogP contribution in [0.4, 0.5) is 0 Å². The lowest BCUT2D eigenvalue weighted by atomic mass is 9.51. The van der Waals surface area contributed by atoms with E-state index in [1.807, 2.05) is 0 Å². The van der Waals surface area contributed by atoms with Crippen LogP contribution in [-0.4, -0.2) is 12.5 Å². The minimum absolute atomic E-state index is 0.320. The highest BCUT2D eigenvalue weighted by atomic mass is 16.1. The number of amides is 1. The van der Waals surface area contributed by atoms with Gasteiger partial charge in [-0.15, -0.1) is 12.3 Å². The highest BCUT2D eigenvalue weighted by molar-refractivity contribution is 5.79. The number of unbranched alkanes of at least 4 members (excludes halogenated alkanes) is 1. The van der Waals surface area contributed by atoms with Gasteiger partial charge >= 0.3 is 0 Å². The second-order valence-electron chi connectivity index (χ2n) is 6.56. The van der Waals surface area contributed by atoms with Crippen molar-refractivity contribution >= 4 is 5.91 Å². The Labute approximate surface area is 110 Å². The Kier molecular flexibility index (Phi) is 3.33. The molecule has 0 spiro atoms. The molecule has 4 aliphatic rings. The zero-order valence-corrected chi connectivity index (χ0v) is 11.0. The summed E-state index contributed by atoms with van der Waals surface area (Å²) in [5, 5.41) is 3.11. The third kappa shape index (κ3) is 2.16. The van der Waals surface area contributed by atoms with Crippen LogP contribution >= 0.6 is 0 Å². The average molecular weight is 245 g/mol. The van der Waals surface area contributed by atoms with Crippen molar-refractivity contribution in [3.63, 3.8) is 0 Å². The number of carbonyl (C=O) groups is 1. The van der Waals surface area contributed by atoms with Gasteiger partial charge in [-0.05, 0) is 62.2 Å². The average Bonchev–Trinajstić information content (AvgIpc) is 2.33. The van der Waals surface area contributed by atoms with Gasteiger partial charge in [0.25, 0.3) is 0 Å². The van der Waals surface area contributed by atoms with Crippen LogP contribution in [0.1, 0.15) is 44.9 Å². The molecular weight excluding hydrogens is 222 g/mol. The van der Waals surface area contributed by atoms with Gasteiger partial charge in [-0.3, -0.25) is 4.79 Å². The Morgan fingerprint density at radius 2 is 1.72 bits per heavy atom. The second kappa shape index (κ2) is 4.96. The van der Waals surface area contributed by atoms with Gasteiger partial charge in [0, 0.05) is 18.9 Å². The first-order valence-corrected chi connectivity index (χ1v) is 7.49. The summed E-state index contributed by atoms with van der Waals surface area (Å²) < 4.78 is 0. The van der Waals surface area contributed by atoms with Crippen LogP contribution in [0, 0.1) is 41.9 Å². The van der Waals surface area contributed by atoms with E-state index in [1.165, 1.54) is 32.1 Å². The van der Waals surface area contributed by atoms with Crippen molar-refractivity contribution < 1.29 is 4.79 Å². The van der Waals surface area contributed by atoms with E-state index >= 15 is 0 Å². The lowest BCUT2D eigenvalue weighted by molar-refractivity contribution is -0.138. The summed E-state index contributed by atoms with van der Waals surface area (Å²) in [4.78, 5) is 12.3. The largest absolute Gasteiger partial charge is 0.356 e. The Morgan fingerprint density at radius 1 is 1.11 bits per heavy atom. The molecule has 4 saturated carbocycles. The summed E-state index contributed by atoms with van der Waals surface area (Å²) in [6.45, 7) is 0.756. The molecule has 18 heavy (non-hydrogen) atoms. The predicted molar refractivity (Wildman–Crippen MR) is 71.6 cm³/mol. The smallest absolute Gasteiger partial charge is 0.223 e. The number of hydrogen-bond acceptors (Lipinski definition) is 1. The maximum Gasteiger partial charge on any atom is 0.223 e. The molecular formula is C16H23NO. The lowest BCUT2D eigenvalue weighted by Gasteiger charge is -2.53. The molecule has 0 saturated heterocycles. The minimum Gasteiger partial charge on any atom is -0.356 e. The summed E-state index contributed by atoms with van der Waals surface area (Å²) in [6.07, 6.45) is 13.6. The van der Waals surface area contributed by atoms with Crippen LogP contribution < -0.4 is 5.32 Å². The normalized spacial score (nSPS) is 40.5. The molecule has 4 aliphatic carbocycles. The molecule has 2 nitrogen and oxygen atoms in total. The number of hydrogen-bond donors (Lipinski definition) is 1. The van der Waals surface area contributed by atoms with Gasteiger partial charge < -0.3 is 5.32 Å². The van der Waals surface area contributed by atoms with Gasteiger partial charge in [-0.2, -0.15) is 0 Å². The standard InChI is InChI=1S/C16H23NO/c1-2-3-4-5-17-16(18)15-13-7-11-6-12(9-13)10-14(15)8-11/h1,11-15H,3-10H2,(H,17,18). The maximum atomic E-state index is 12.3. The highest BCUT2D eigenvalue weighted by Gasteiger charge is 2.50. The van der Waals surface area contributed by atoms with Crippen molar-refractivity contribution in [1.82, 2.24) is 5.32 Å². The van der Waals surface area contributed by atoms with E-state index in [1.54, 1.807) is 0 Å². The number of carbonyl (C=O) groups excluding carboxylic acids is 1. The van der Waals surface area contributed by atoms with Crippen molar-refractivity contribution in [1.29, 1.82) is 0 Å². The van der Waals surface area contributed by atoms with Gasteiger partial charge in [-0.1, -0.05) is 0 Å². The molecule has 98 valence electrons. The summed E-state index contributed by atoms with van der Waals surface area (Å²) in [6, 6.07) is 0. The van der Waals surface area contributed by atoms with Crippen molar-refractivity contribution in [3.05, 3.63) is 0 Å². The van der Waals surface area contributed by atoms with E-state index in [2.05, 4.69) is 11.2 Å². The molecule has 0 aromatic carbocycles. The monoisotopic (exact) mass is 245 g/mol. The molecule has 0 aliphatic heterocycles. The minimum atomic E-state index is 0.320. The molecule has 0 aromatic heterocycles. The molecule has 4 fully saturated rings. The summed E-state index contributed by atoms with van der Waals surface area (Å²) >= 11 is 0. The lowest BCUT2D eigenvalue weighted by Crippen LogP contribution is -2.51. The van der Waals surface area contributed by atoms with Crippen molar-refractivity contribution in [2.75, 3.05) is 6.54 Å². The molecule has 1 N–H and O–H groups in total. The number of rotatable bonds is 4. The van der Waals surface area contributed by atoms with E-state index in [-0.39, 0.29) is 0 Å². The molecule has 4 bridgehead atoms. The van der Waals surface area contributed by atoms with E-state index in [0.717, 1.165) is 31.2 Å². The third-order valence-electron chi connectivity index (χ3n) is 5.33. The van der Waals surface area contributed by atoms with E-state index in [4.69, 9.17) is 6.42 Å². The van der Waals surface area contributed by atoms with Crippen molar-refractivity contribution in [3.8, 4) is 12.3 Å². The van der Waals surface area contributed by atoms with Gasteiger partial charge in [0.2, 0.25) is 5.91 Å². The van der Waals surface area contributed by atoms with Crippen LogP contribution in [0.3, 0.4) is 0 Å². The molecule has 2 heteroatoms. The van der Waals surface area contributed by atoms with Gasteiger partial charge in [0.1, 0.15) is 0 Å². The first-order chi connectivity index (χ1) is 8.78. The molecule has 4 rings (SSSR count). The number of terminal acetylenes is 1. The highest BCUT2D eigenvalue weighted by Crippen LogP contribution is 2.56. The van der Waals surface area contributed by atoms with E-state index in [9.17, 15) is 4.79 Å². The quantitative estimate of drug-likeness (QED) is 0.598. The fourth-order valence-corrected chi connectivity index (χ4v) is 4.87. The van der Waals surface area contributed by atoms with Gasteiger partial charge in [-0.25, -0.2) is 0 Å². The molecule has 1 amide bonds. The zero-order valence-electron chi connectivity index (χ0n) is 11.0. The van der Waals surface area contributed by atoms with Gasteiger partial charge in [0.05, 0.1) is 0 Å². The Balaban J connectivity index is 1.56.